The quantitative estimate of drug-likeness (QED) is 0.628. The Balaban J connectivity index is 2.48. The van der Waals surface area contributed by atoms with E-state index in [4.69, 9.17) is 0 Å². The van der Waals surface area contributed by atoms with Crippen LogP contribution in [0, 0.1) is 13.8 Å². The van der Waals surface area contributed by atoms with E-state index in [0.717, 1.165) is 11.1 Å². The maximum Gasteiger partial charge on any atom is 0.193 e. The van der Waals surface area contributed by atoms with E-state index in [-0.39, 0.29) is 17.3 Å². The van der Waals surface area contributed by atoms with Gasteiger partial charge in [0.25, 0.3) is 0 Å². The van der Waals surface area contributed by atoms with Crippen molar-refractivity contribution < 1.29 is 15.0 Å². The number of phenols is 2. The molecule has 0 heterocycles. The minimum absolute atomic E-state index is 0.161. The van der Waals surface area contributed by atoms with Gasteiger partial charge in [0.2, 0.25) is 0 Å². The number of phenolic OH excluding ortho intramolecular Hbond substituents is 2. The maximum atomic E-state index is 12.3. The highest BCUT2D eigenvalue weighted by molar-refractivity contribution is 6.10. The molecule has 92 valence electrons. The zero-order valence-corrected chi connectivity index (χ0v) is 10.3. The minimum atomic E-state index is -0.286. The minimum Gasteiger partial charge on any atom is -0.504 e. The Bertz CT molecular complexity index is 615. The molecule has 2 N–H and O–H groups in total. The van der Waals surface area contributed by atoms with E-state index >= 15 is 0 Å². The van der Waals surface area contributed by atoms with Crippen molar-refractivity contribution in [2.75, 3.05) is 0 Å². The van der Waals surface area contributed by atoms with Gasteiger partial charge in [-0.2, -0.15) is 0 Å². The van der Waals surface area contributed by atoms with Crippen LogP contribution < -0.4 is 0 Å². The number of carbonyl (C=O) groups is 1. The lowest BCUT2D eigenvalue weighted by Gasteiger charge is -2.08. The fourth-order valence-electron chi connectivity index (χ4n) is 1.82. The molecule has 0 radical (unpaired) electrons. The zero-order valence-electron chi connectivity index (χ0n) is 10.3. The van der Waals surface area contributed by atoms with Gasteiger partial charge in [-0.3, -0.25) is 4.79 Å². The molecule has 0 spiro atoms. The molecule has 0 aliphatic heterocycles. The highest BCUT2D eigenvalue weighted by Crippen LogP contribution is 2.26. The molecule has 0 aliphatic carbocycles. The van der Waals surface area contributed by atoms with Crippen LogP contribution in [-0.2, 0) is 0 Å². The summed E-state index contributed by atoms with van der Waals surface area (Å²) in [6.07, 6.45) is 0. The van der Waals surface area contributed by atoms with E-state index in [9.17, 15) is 15.0 Å². The van der Waals surface area contributed by atoms with E-state index in [1.54, 1.807) is 6.07 Å². The van der Waals surface area contributed by atoms with E-state index in [1.807, 2.05) is 26.0 Å². The van der Waals surface area contributed by atoms with Gasteiger partial charge in [0, 0.05) is 11.1 Å². The average Bonchev–Trinajstić information content (AvgIpc) is 2.35. The number of hydrogen-bond donors (Lipinski definition) is 2. The monoisotopic (exact) mass is 242 g/mol. The van der Waals surface area contributed by atoms with E-state index in [2.05, 4.69) is 0 Å². The lowest BCUT2D eigenvalue weighted by atomic mass is 9.96. The standard InChI is InChI=1S/C15H14O3/c1-9-4-3-5-12(10(9)2)15(18)11-6-7-13(16)14(17)8-11/h3-8,16-17H,1-2H3. The Hall–Kier alpha value is -2.29. The van der Waals surface area contributed by atoms with Gasteiger partial charge in [0.15, 0.2) is 17.3 Å². The van der Waals surface area contributed by atoms with Crippen molar-refractivity contribution in [1.29, 1.82) is 0 Å². The Morgan fingerprint density at radius 2 is 1.72 bits per heavy atom. The Morgan fingerprint density at radius 1 is 1.00 bits per heavy atom. The summed E-state index contributed by atoms with van der Waals surface area (Å²) in [5.41, 5.74) is 2.94. The first-order valence-electron chi connectivity index (χ1n) is 5.63. The molecule has 2 aromatic carbocycles. The third-order valence-electron chi connectivity index (χ3n) is 3.09. The maximum absolute atomic E-state index is 12.3. The summed E-state index contributed by atoms with van der Waals surface area (Å²) in [6.45, 7) is 3.84. The zero-order chi connectivity index (χ0) is 13.3. The van der Waals surface area contributed by atoms with Crippen LogP contribution in [0.25, 0.3) is 0 Å². The fourth-order valence-corrected chi connectivity index (χ4v) is 1.82. The van der Waals surface area contributed by atoms with Gasteiger partial charge in [0.1, 0.15) is 0 Å². The second kappa shape index (κ2) is 4.53. The van der Waals surface area contributed by atoms with Crippen LogP contribution in [0.3, 0.4) is 0 Å². The highest BCUT2D eigenvalue weighted by atomic mass is 16.3. The number of benzene rings is 2. The van der Waals surface area contributed by atoms with Gasteiger partial charge in [-0.05, 0) is 43.2 Å². The van der Waals surface area contributed by atoms with Crippen molar-refractivity contribution in [3.8, 4) is 11.5 Å². The lowest BCUT2D eigenvalue weighted by molar-refractivity contribution is 0.103. The van der Waals surface area contributed by atoms with Crippen LogP contribution in [0.1, 0.15) is 27.0 Å². The Kier molecular flexibility index (Phi) is 3.06. The largest absolute Gasteiger partial charge is 0.504 e. The molecule has 0 bridgehead atoms. The van der Waals surface area contributed by atoms with Crippen LogP contribution in [0.15, 0.2) is 36.4 Å². The third kappa shape index (κ3) is 2.07. The summed E-state index contributed by atoms with van der Waals surface area (Å²) in [5.74, 6) is -0.676. The van der Waals surface area contributed by atoms with Gasteiger partial charge in [-0.15, -0.1) is 0 Å². The first-order valence-corrected chi connectivity index (χ1v) is 5.63. The summed E-state index contributed by atoms with van der Waals surface area (Å²) in [6, 6.07) is 9.62. The molecule has 2 rings (SSSR count). The summed E-state index contributed by atoms with van der Waals surface area (Å²) in [7, 11) is 0. The molecule has 0 fully saturated rings. The predicted molar refractivity (Wildman–Crippen MR) is 69.1 cm³/mol. The van der Waals surface area contributed by atoms with E-state index in [1.165, 1.54) is 18.2 Å². The first kappa shape index (κ1) is 12.2. The highest BCUT2D eigenvalue weighted by Gasteiger charge is 2.14. The average molecular weight is 242 g/mol. The third-order valence-corrected chi connectivity index (χ3v) is 3.09. The smallest absolute Gasteiger partial charge is 0.193 e. The number of rotatable bonds is 2. The summed E-state index contributed by atoms with van der Waals surface area (Å²) >= 11 is 0. The Labute approximate surface area is 105 Å². The fraction of sp³-hybridized carbons (Fsp3) is 0.133. The molecule has 0 amide bonds. The van der Waals surface area contributed by atoms with Gasteiger partial charge in [0.05, 0.1) is 0 Å². The molecular weight excluding hydrogens is 228 g/mol. The van der Waals surface area contributed by atoms with Crippen LogP contribution in [0.4, 0.5) is 0 Å². The number of ketones is 1. The first-order chi connectivity index (χ1) is 8.50. The molecular formula is C15H14O3. The van der Waals surface area contributed by atoms with Crippen molar-refractivity contribution in [1.82, 2.24) is 0 Å². The molecule has 0 saturated heterocycles. The summed E-state index contributed by atoms with van der Waals surface area (Å²) in [5, 5.41) is 18.7. The molecule has 0 unspecified atom stereocenters. The van der Waals surface area contributed by atoms with Gasteiger partial charge in [-0.1, -0.05) is 18.2 Å². The normalized spacial score (nSPS) is 10.3. The topological polar surface area (TPSA) is 57.5 Å². The van der Waals surface area contributed by atoms with Gasteiger partial charge in [-0.25, -0.2) is 0 Å². The number of aryl methyl sites for hydroxylation is 1. The molecule has 0 aromatic heterocycles. The number of aromatic hydroxyl groups is 2. The summed E-state index contributed by atoms with van der Waals surface area (Å²) < 4.78 is 0. The SMILES string of the molecule is Cc1cccc(C(=O)c2ccc(O)c(O)c2)c1C. The number of hydrogen-bond acceptors (Lipinski definition) is 3. The van der Waals surface area contributed by atoms with Gasteiger partial charge < -0.3 is 10.2 Å². The van der Waals surface area contributed by atoms with Crippen LogP contribution in [-0.4, -0.2) is 16.0 Å². The molecule has 3 heteroatoms. The molecule has 2 aromatic rings. The molecule has 0 saturated carbocycles. The molecule has 18 heavy (non-hydrogen) atoms. The molecule has 0 aliphatic rings. The van der Waals surface area contributed by atoms with Gasteiger partial charge >= 0.3 is 0 Å². The van der Waals surface area contributed by atoms with Crippen LogP contribution in [0.2, 0.25) is 0 Å². The second-order valence-corrected chi connectivity index (χ2v) is 4.28. The second-order valence-electron chi connectivity index (χ2n) is 4.28. The van der Waals surface area contributed by atoms with E-state index in [0.29, 0.717) is 11.1 Å². The molecule has 0 atom stereocenters. The van der Waals surface area contributed by atoms with Crippen molar-refractivity contribution in [3.63, 3.8) is 0 Å². The van der Waals surface area contributed by atoms with Crippen molar-refractivity contribution in [3.05, 3.63) is 58.7 Å². The van der Waals surface area contributed by atoms with Crippen LogP contribution in [0.5, 0.6) is 11.5 Å². The Morgan fingerprint density at radius 3 is 2.39 bits per heavy atom. The van der Waals surface area contributed by atoms with Crippen molar-refractivity contribution in [2.24, 2.45) is 0 Å². The number of carbonyl (C=O) groups excluding carboxylic acids is 1. The van der Waals surface area contributed by atoms with Crippen molar-refractivity contribution >= 4 is 5.78 Å². The molecule has 3 nitrogen and oxygen atoms in total. The van der Waals surface area contributed by atoms with Crippen molar-refractivity contribution in [2.45, 2.75) is 13.8 Å². The lowest BCUT2D eigenvalue weighted by Crippen LogP contribution is -2.04. The summed E-state index contributed by atoms with van der Waals surface area (Å²) in [4.78, 5) is 12.3. The van der Waals surface area contributed by atoms with Crippen LogP contribution >= 0.6 is 0 Å². The van der Waals surface area contributed by atoms with E-state index < -0.39 is 0 Å². The predicted octanol–water partition coefficient (Wildman–Crippen LogP) is 2.95.